The molecular formula is C19H34N2. The van der Waals surface area contributed by atoms with Crippen LogP contribution in [0.25, 0.3) is 0 Å². The van der Waals surface area contributed by atoms with Gasteiger partial charge in [0.2, 0.25) is 0 Å². The van der Waals surface area contributed by atoms with Gasteiger partial charge in [0.1, 0.15) is 0 Å². The molecule has 3 aliphatic carbocycles. The molecule has 4 fully saturated rings. The molecule has 3 saturated carbocycles. The molecule has 1 saturated heterocycles. The van der Waals surface area contributed by atoms with Crippen LogP contribution in [0.5, 0.6) is 0 Å². The van der Waals surface area contributed by atoms with Gasteiger partial charge in [0.25, 0.3) is 0 Å². The Hall–Kier alpha value is -0.0800. The van der Waals surface area contributed by atoms with E-state index in [1.807, 2.05) is 0 Å². The first-order valence-electron chi connectivity index (χ1n) is 9.82. The van der Waals surface area contributed by atoms with Gasteiger partial charge in [-0.25, -0.2) is 0 Å². The second-order valence-corrected chi connectivity index (χ2v) is 8.59. The number of nitrogens with zero attached hydrogens (tertiary/aromatic N) is 1. The third-order valence-electron chi connectivity index (χ3n) is 6.90. The molecule has 0 aromatic carbocycles. The number of likely N-dealkylation sites (tertiary alicyclic amines) is 1. The standard InChI is InChI=1S/C19H34N2/c1-2-11-19(12-3-1,14-20-17-9-10-17)15-21-13-5-7-16-6-4-8-18(16)21/h16-18,20H,1-15H2. The summed E-state index contributed by atoms with van der Waals surface area (Å²) < 4.78 is 0. The smallest absolute Gasteiger partial charge is 0.0124 e. The maximum Gasteiger partial charge on any atom is 0.0124 e. The zero-order valence-electron chi connectivity index (χ0n) is 13.8. The summed E-state index contributed by atoms with van der Waals surface area (Å²) in [6, 6.07) is 1.84. The third kappa shape index (κ3) is 3.32. The molecule has 0 aromatic rings. The van der Waals surface area contributed by atoms with Crippen LogP contribution in [0.3, 0.4) is 0 Å². The largest absolute Gasteiger partial charge is 0.313 e. The van der Waals surface area contributed by atoms with E-state index in [0.717, 1.165) is 18.0 Å². The van der Waals surface area contributed by atoms with Crippen molar-refractivity contribution in [2.75, 3.05) is 19.6 Å². The van der Waals surface area contributed by atoms with Crippen LogP contribution in [0, 0.1) is 11.3 Å². The van der Waals surface area contributed by atoms with E-state index in [1.54, 1.807) is 0 Å². The Morgan fingerprint density at radius 3 is 2.48 bits per heavy atom. The molecule has 2 heteroatoms. The number of hydrogen-bond donors (Lipinski definition) is 1. The van der Waals surface area contributed by atoms with Crippen molar-refractivity contribution < 1.29 is 0 Å². The summed E-state index contributed by atoms with van der Waals surface area (Å²) in [5, 5.41) is 3.89. The number of fused-ring (bicyclic) bond motifs is 1. The SMILES string of the molecule is C1CCC(CNC2CC2)(CN2CCCC3CCCC32)CC1. The number of rotatable bonds is 5. The van der Waals surface area contributed by atoms with Gasteiger partial charge in [-0.1, -0.05) is 25.7 Å². The molecular weight excluding hydrogens is 256 g/mol. The van der Waals surface area contributed by atoms with Crippen LogP contribution in [0.4, 0.5) is 0 Å². The Labute approximate surface area is 131 Å². The fourth-order valence-electron chi connectivity index (χ4n) is 5.53. The monoisotopic (exact) mass is 290 g/mol. The van der Waals surface area contributed by atoms with Crippen LogP contribution in [0.1, 0.15) is 77.0 Å². The molecule has 0 amide bonds. The Bertz CT molecular complexity index is 343. The van der Waals surface area contributed by atoms with E-state index in [-0.39, 0.29) is 0 Å². The predicted octanol–water partition coefficient (Wildman–Crippen LogP) is 3.95. The molecule has 4 aliphatic rings. The molecule has 0 radical (unpaired) electrons. The normalized spacial score (nSPS) is 36.6. The van der Waals surface area contributed by atoms with Gasteiger partial charge in [-0.15, -0.1) is 0 Å². The summed E-state index contributed by atoms with van der Waals surface area (Å²) in [5.41, 5.74) is 0.616. The average molecular weight is 290 g/mol. The van der Waals surface area contributed by atoms with Crippen molar-refractivity contribution in [2.24, 2.45) is 11.3 Å². The zero-order valence-corrected chi connectivity index (χ0v) is 13.8. The number of piperidine rings is 1. The van der Waals surface area contributed by atoms with Crippen LogP contribution in [0.15, 0.2) is 0 Å². The molecule has 120 valence electrons. The molecule has 0 spiro atoms. The first-order chi connectivity index (χ1) is 10.3. The summed E-state index contributed by atoms with van der Waals surface area (Å²) in [6.45, 7) is 4.12. The number of nitrogens with one attached hydrogen (secondary N) is 1. The average Bonchev–Trinajstić information content (AvgIpc) is 3.22. The van der Waals surface area contributed by atoms with Crippen LogP contribution in [-0.4, -0.2) is 36.6 Å². The van der Waals surface area contributed by atoms with Gasteiger partial charge in [0.15, 0.2) is 0 Å². The van der Waals surface area contributed by atoms with E-state index in [1.165, 1.54) is 96.7 Å². The van der Waals surface area contributed by atoms with E-state index in [4.69, 9.17) is 0 Å². The Morgan fingerprint density at radius 1 is 0.857 bits per heavy atom. The lowest BCUT2D eigenvalue weighted by molar-refractivity contribution is 0.0387. The molecule has 4 rings (SSSR count). The van der Waals surface area contributed by atoms with Gasteiger partial charge in [-0.2, -0.15) is 0 Å². The summed E-state index contributed by atoms with van der Waals surface area (Å²) in [7, 11) is 0. The minimum Gasteiger partial charge on any atom is -0.313 e. The van der Waals surface area contributed by atoms with Gasteiger partial charge in [0.05, 0.1) is 0 Å². The van der Waals surface area contributed by atoms with Crippen molar-refractivity contribution >= 4 is 0 Å². The minimum absolute atomic E-state index is 0.616. The summed E-state index contributed by atoms with van der Waals surface area (Å²) in [4.78, 5) is 2.95. The lowest BCUT2D eigenvalue weighted by Gasteiger charge is -2.46. The maximum absolute atomic E-state index is 3.89. The van der Waals surface area contributed by atoms with Crippen molar-refractivity contribution in [1.29, 1.82) is 0 Å². The van der Waals surface area contributed by atoms with Crippen molar-refractivity contribution in [3.05, 3.63) is 0 Å². The summed E-state index contributed by atoms with van der Waals surface area (Å²) >= 11 is 0. The highest BCUT2D eigenvalue weighted by Crippen LogP contribution is 2.42. The topological polar surface area (TPSA) is 15.3 Å². The minimum atomic E-state index is 0.616. The van der Waals surface area contributed by atoms with Crippen molar-refractivity contribution in [1.82, 2.24) is 10.2 Å². The second-order valence-electron chi connectivity index (χ2n) is 8.59. The lowest BCUT2D eigenvalue weighted by Crippen LogP contribution is -2.51. The third-order valence-corrected chi connectivity index (χ3v) is 6.90. The molecule has 2 nitrogen and oxygen atoms in total. The van der Waals surface area contributed by atoms with E-state index in [9.17, 15) is 0 Å². The van der Waals surface area contributed by atoms with E-state index in [2.05, 4.69) is 10.2 Å². The second kappa shape index (κ2) is 6.20. The van der Waals surface area contributed by atoms with E-state index in [0.29, 0.717) is 5.41 Å². The first-order valence-corrected chi connectivity index (χ1v) is 9.82. The molecule has 1 N–H and O–H groups in total. The highest BCUT2D eigenvalue weighted by molar-refractivity contribution is 4.96. The van der Waals surface area contributed by atoms with Gasteiger partial charge in [0, 0.05) is 25.2 Å². The highest BCUT2D eigenvalue weighted by atomic mass is 15.2. The fraction of sp³-hybridized carbons (Fsp3) is 1.00. The number of hydrogen-bond acceptors (Lipinski definition) is 2. The van der Waals surface area contributed by atoms with Crippen LogP contribution >= 0.6 is 0 Å². The zero-order chi connectivity index (χ0) is 14.1. The lowest BCUT2D eigenvalue weighted by atomic mass is 9.72. The molecule has 2 unspecified atom stereocenters. The van der Waals surface area contributed by atoms with Gasteiger partial charge < -0.3 is 5.32 Å². The van der Waals surface area contributed by atoms with Crippen molar-refractivity contribution in [3.8, 4) is 0 Å². The molecule has 0 bridgehead atoms. The summed E-state index contributed by atoms with van der Waals surface area (Å²) in [5.74, 6) is 1.05. The molecule has 0 aromatic heterocycles. The van der Waals surface area contributed by atoms with Crippen molar-refractivity contribution in [2.45, 2.75) is 89.1 Å². The Balaban J connectivity index is 1.42. The van der Waals surface area contributed by atoms with Crippen molar-refractivity contribution in [3.63, 3.8) is 0 Å². The Kier molecular flexibility index (Phi) is 4.28. The first kappa shape index (κ1) is 14.5. The van der Waals surface area contributed by atoms with Crippen LogP contribution in [-0.2, 0) is 0 Å². The molecule has 1 heterocycles. The van der Waals surface area contributed by atoms with Gasteiger partial charge in [-0.05, 0) is 69.2 Å². The van der Waals surface area contributed by atoms with Crippen LogP contribution < -0.4 is 5.32 Å². The quantitative estimate of drug-likeness (QED) is 0.824. The molecule has 1 aliphatic heterocycles. The van der Waals surface area contributed by atoms with Gasteiger partial charge >= 0.3 is 0 Å². The highest BCUT2D eigenvalue weighted by Gasteiger charge is 2.41. The predicted molar refractivity (Wildman–Crippen MR) is 88.5 cm³/mol. The molecule has 2 atom stereocenters. The van der Waals surface area contributed by atoms with Gasteiger partial charge in [-0.3, -0.25) is 4.90 Å². The van der Waals surface area contributed by atoms with E-state index < -0.39 is 0 Å². The maximum atomic E-state index is 3.89. The van der Waals surface area contributed by atoms with E-state index >= 15 is 0 Å². The fourth-order valence-corrected chi connectivity index (χ4v) is 5.53. The van der Waals surface area contributed by atoms with Crippen LogP contribution in [0.2, 0.25) is 0 Å². The summed E-state index contributed by atoms with van der Waals surface area (Å²) in [6.07, 6.45) is 17.8. The Morgan fingerprint density at radius 2 is 1.67 bits per heavy atom. The molecule has 21 heavy (non-hydrogen) atoms.